The largest absolute Gasteiger partial charge is 0.481 e. The zero-order chi connectivity index (χ0) is 13.3. The second-order valence-electron chi connectivity index (χ2n) is 3.91. The van der Waals surface area contributed by atoms with Crippen LogP contribution in [0.3, 0.4) is 0 Å². The molecule has 0 fully saturated rings. The molecule has 1 unspecified atom stereocenters. The SMILES string of the molecule is CC(CNC(=O)NCCCC(N)=O)CC(=O)O. The molecule has 0 heterocycles. The van der Waals surface area contributed by atoms with E-state index in [-0.39, 0.29) is 24.8 Å². The van der Waals surface area contributed by atoms with E-state index in [0.29, 0.717) is 19.5 Å². The van der Waals surface area contributed by atoms with Gasteiger partial charge in [0.15, 0.2) is 0 Å². The Morgan fingerprint density at radius 2 is 1.94 bits per heavy atom. The van der Waals surface area contributed by atoms with Crippen molar-refractivity contribution in [1.82, 2.24) is 10.6 Å². The number of aliphatic carboxylic acids is 1. The lowest BCUT2D eigenvalue weighted by Crippen LogP contribution is -2.38. The number of nitrogens with one attached hydrogen (secondary N) is 2. The third-order valence-electron chi connectivity index (χ3n) is 2.02. The van der Waals surface area contributed by atoms with E-state index in [1.54, 1.807) is 6.92 Å². The molecule has 0 aliphatic heterocycles. The van der Waals surface area contributed by atoms with Crippen LogP contribution in [0.4, 0.5) is 4.79 Å². The first-order chi connectivity index (χ1) is 7.91. The molecule has 0 radical (unpaired) electrons. The first kappa shape index (κ1) is 15.2. The number of carbonyl (C=O) groups excluding carboxylic acids is 2. The Hall–Kier alpha value is -1.79. The van der Waals surface area contributed by atoms with Gasteiger partial charge in [-0.25, -0.2) is 4.79 Å². The third-order valence-corrected chi connectivity index (χ3v) is 2.02. The molecule has 98 valence electrons. The van der Waals surface area contributed by atoms with Crippen molar-refractivity contribution in [3.8, 4) is 0 Å². The summed E-state index contributed by atoms with van der Waals surface area (Å²) in [6.07, 6.45) is 0.741. The van der Waals surface area contributed by atoms with Crippen LogP contribution in [0.15, 0.2) is 0 Å². The molecule has 0 aliphatic carbocycles. The standard InChI is InChI=1S/C10H19N3O4/c1-7(5-9(15)16)6-13-10(17)12-4-2-3-8(11)14/h7H,2-6H2,1H3,(H2,11,14)(H,15,16)(H2,12,13,17). The number of hydrogen-bond donors (Lipinski definition) is 4. The average Bonchev–Trinajstić information content (AvgIpc) is 2.20. The van der Waals surface area contributed by atoms with Crippen molar-refractivity contribution in [2.24, 2.45) is 11.7 Å². The van der Waals surface area contributed by atoms with Crippen molar-refractivity contribution in [3.05, 3.63) is 0 Å². The van der Waals surface area contributed by atoms with Crippen LogP contribution in [-0.4, -0.2) is 36.1 Å². The van der Waals surface area contributed by atoms with Crippen LogP contribution in [0.5, 0.6) is 0 Å². The molecule has 0 aromatic heterocycles. The van der Waals surface area contributed by atoms with E-state index >= 15 is 0 Å². The van der Waals surface area contributed by atoms with Crippen LogP contribution in [0.25, 0.3) is 0 Å². The van der Waals surface area contributed by atoms with Crippen LogP contribution >= 0.6 is 0 Å². The van der Waals surface area contributed by atoms with Crippen LogP contribution in [0.1, 0.15) is 26.2 Å². The summed E-state index contributed by atoms with van der Waals surface area (Å²) < 4.78 is 0. The lowest BCUT2D eigenvalue weighted by Gasteiger charge is -2.11. The van der Waals surface area contributed by atoms with E-state index < -0.39 is 11.9 Å². The van der Waals surface area contributed by atoms with Crippen LogP contribution in [0, 0.1) is 5.92 Å². The summed E-state index contributed by atoms with van der Waals surface area (Å²) in [6.45, 7) is 2.40. The van der Waals surface area contributed by atoms with E-state index in [2.05, 4.69) is 10.6 Å². The van der Waals surface area contributed by atoms with E-state index in [4.69, 9.17) is 10.8 Å². The number of primary amides is 1. The highest BCUT2D eigenvalue weighted by atomic mass is 16.4. The Bertz CT molecular complexity index is 281. The van der Waals surface area contributed by atoms with Gasteiger partial charge in [0.2, 0.25) is 5.91 Å². The number of carbonyl (C=O) groups is 3. The molecule has 0 rings (SSSR count). The molecule has 7 nitrogen and oxygen atoms in total. The predicted octanol–water partition coefficient (Wildman–Crippen LogP) is -0.338. The normalized spacial score (nSPS) is 11.6. The predicted molar refractivity (Wildman–Crippen MR) is 61.2 cm³/mol. The van der Waals surface area contributed by atoms with Gasteiger partial charge in [-0.15, -0.1) is 0 Å². The van der Waals surface area contributed by atoms with Crippen molar-refractivity contribution >= 4 is 17.9 Å². The number of carboxylic acid groups (broad SMARTS) is 1. The lowest BCUT2D eigenvalue weighted by molar-refractivity contribution is -0.137. The van der Waals surface area contributed by atoms with Gasteiger partial charge in [0.1, 0.15) is 0 Å². The summed E-state index contributed by atoms with van der Waals surface area (Å²) in [6, 6.07) is -0.369. The quantitative estimate of drug-likeness (QED) is 0.437. The maximum absolute atomic E-state index is 11.2. The van der Waals surface area contributed by atoms with E-state index in [1.807, 2.05) is 0 Å². The number of carboxylic acids is 1. The molecule has 0 aliphatic rings. The number of amides is 3. The van der Waals surface area contributed by atoms with E-state index in [1.165, 1.54) is 0 Å². The van der Waals surface area contributed by atoms with Crippen molar-refractivity contribution in [3.63, 3.8) is 0 Å². The van der Waals surface area contributed by atoms with Crippen molar-refractivity contribution in [1.29, 1.82) is 0 Å². The zero-order valence-electron chi connectivity index (χ0n) is 9.86. The minimum Gasteiger partial charge on any atom is -0.481 e. The smallest absolute Gasteiger partial charge is 0.314 e. The fraction of sp³-hybridized carbons (Fsp3) is 0.700. The topological polar surface area (TPSA) is 122 Å². The second-order valence-corrected chi connectivity index (χ2v) is 3.91. The monoisotopic (exact) mass is 245 g/mol. The van der Waals surface area contributed by atoms with Gasteiger partial charge in [0, 0.05) is 25.9 Å². The molecule has 0 saturated carbocycles. The molecule has 0 aromatic rings. The molecule has 0 spiro atoms. The van der Waals surface area contributed by atoms with E-state index in [0.717, 1.165) is 0 Å². The fourth-order valence-electron chi connectivity index (χ4n) is 1.16. The molecular weight excluding hydrogens is 226 g/mol. The van der Waals surface area contributed by atoms with Crippen LogP contribution < -0.4 is 16.4 Å². The van der Waals surface area contributed by atoms with Crippen LogP contribution in [-0.2, 0) is 9.59 Å². The number of hydrogen-bond acceptors (Lipinski definition) is 3. The summed E-state index contributed by atoms with van der Waals surface area (Å²) in [4.78, 5) is 31.9. The van der Waals surface area contributed by atoms with Gasteiger partial charge in [-0.1, -0.05) is 6.92 Å². The Kier molecular flexibility index (Phi) is 7.49. The first-order valence-corrected chi connectivity index (χ1v) is 5.43. The Morgan fingerprint density at radius 1 is 1.29 bits per heavy atom. The van der Waals surface area contributed by atoms with Gasteiger partial charge in [0.25, 0.3) is 0 Å². The van der Waals surface area contributed by atoms with Gasteiger partial charge in [0.05, 0.1) is 0 Å². The Balaban J connectivity index is 3.52. The van der Waals surface area contributed by atoms with Crippen molar-refractivity contribution in [2.45, 2.75) is 26.2 Å². The third kappa shape index (κ3) is 10.5. The summed E-state index contributed by atoms with van der Waals surface area (Å²) in [5.41, 5.74) is 4.93. The highest BCUT2D eigenvalue weighted by Gasteiger charge is 2.08. The van der Waals surface area contributed by atoms with Gasteiger partial charge < -0.3 is 21.5 Å². The van der Waals surface area contributed by atoms with Crippen molar-refractivity contribution in [2.75, 3.05) is 13.1 Å². The zero-order valence-corrected chi connectivity index (χ0v) is 9.86. The molecule has 7 heteroatoms. The van der Waals surface area contributed by atoms with Gasteiger partial charge >= 0.3 is 12.0 Å². The maximum atomic E-state index is 11.2. The molecule has 3 amide bonds. The highest BCUT2D eigenvalue weighted by molar-refractivity contribution is 5.75. The maximum Gasteiger partial charge on any atom is 0.314 e. The molecule has 0 bridgehead atoms. The van der Waals surface area contributed by atoms with Gasteiger partial charge in [-0.05, 0) is 12.3 Å². The fourth-order valence-corrected chi connectivity index (χ4v) is 1.16. The average molecular weight is 245 g/mol. The molecule has 1 atom stereocenters. The van der Waals surface area contributed by atoms with E-state index in [9.17, 15) is 14.4 Å². The summed E-state index contributed by atoms with van der Waals surface area (Å²) in [5, 5.41) is 13.6. The highest BCUT2D eigenvalue weighted by Crippen LogP contribution is 1.98. The molecular formula is C10H19N3O4. The molecule has 5 N–H and O–H groups in total. The number of nitrogens with two attached hydrogens (primary N) is 1. The number of urea groups is 1. The van der Waals surface area contributed by atoms with Gasteiger partial charge in [-0.2, -0.15) is 0 Å². The van der Waals surface area contributed by atoms with Gasteiger partial charge in [-0.3, -0.25) is 9.59 Å². The van der Waals surface area contributed by atoms with Crippen LogP contribution in [0.2, 0.25) is 0 Å². The molecule has 0 aromatic carbocycles. The van der Waals surface area contributed by atoms with Crippen molar-refractivity contribution < 1.29 is 19.5 Å². The first-order valence-electron chi connectivity index (χ1n) is 5.43. The molecule has 17 heavy (non-hydrogen) atoms. The summed E-state index contributed by atoms with van der Waals surface area (Å²) >= 11 is 0. The summed E-state index contributed by atoms with van der Waals surface area (Å²) in [5.74, 6) is -1.41. The minimum absolute atomic E-state index is 0.0158. The number of rotatable bonds is 8. The Labute approximate surface area is 99.7 Å². The lowest BCUT2D eigenvalue weighted by atomic mass is 10.1. The Morgan fingerprint density at radius 3 is 2.47 bits per heavy atom. The second kappa shape index (κ2) is 8.37. The minimum atomic E-state index is -0.888. The molecule has 0 saturated heterocycles. The summed E-state index contributed by atoms with van der Waals surface area (Å²) in [7, 11) is 0.